The summed E-state index contributed by atoms with van der Waals surface area (Å²) in [5.74, 6) is -0.218. The van der Waals surface area contributed by atoms with Crippen molar-refractivity contribution >= 4 is 0 Å². The lowest BCUT2D eigenvalue weighted by molar-refractivity contribution is -0.274. The number of alkyl halides is 3. The van der Waals surface area contributed by atoms with Gasteiger partial charge in [-0.3, -0.25) is 4.68 Å². The van der Waals surface area contributed by atoms with Gasteiger partial charge in [-0.05, 0) is 37.6 Å². The minimum atomic E-state index is -4.66. The summed E-state index contributed by atoms with van der Waals surface area (Å²) in [6.45, 7) is 4.34. The lowest BCUT2D eigenvalue weighted by atomic mass is 10.2. The van der Waals surface area contributed by atoms with E-state index in [0.29, 0.717) is 6.54 Å². The Morgan fingerprint density at radius 1 is 1.16 bits per heavy atom. The van der Waals surface area contributed by atoms with Crippen LogP contribution in [0, 0.1) is 13.8 Å². The summed E-state index contributed by atoms with van der Waals surface area (Å²) in [5, 5.41) is 4.29. The van der Waals surface area contributed by atoms with Crippen LogP contribution in [0.4, 0.5) is 13.2 Å². The number of ether oxygens (including phenoxy) is 1. The molecular formula is C13H13F3N2O. The molecule has 0 bridgehead atoms. The van der Waals surface area contributed by atoms with Crippen molar-refractivity contribution in [1.29, 1.82) is 0 Å². The second kappa shape index (κ2) is 4.95. The normalized spacial score (nSPS) is 11.6. The van der Waals surface area contributed by atoms with Crippen molar-refractivity contribution in [3.05, 3.63) is 47.3 Å². The van der Waals surface area contributed by atoms with Crippen molar-refractivity contribution in [3.63, 3.8) is 0 Å². The van der Waals surface area contributed by atoms with E-state index in [1.165, 1.54) is 12.1 Å². The molecule has 0 fully saturated rings. The molecule has 1 heterocycles. The van der Waals surface area contributed by atoms with Crippen molar-refractivity contribution in [2.45, 2.75) is 26.8 Å². The van der Waals surface area contributed by atoms with Crippen molar-refractivity contribution in [3.8, 4) is 5.75 Å². The molecule has 2 rings (SSSR count). The van der Waals surface area contributed by atoms with E-state index in [0.717, 1.165) is 17.0 Å². The van der Waals surface area contributed by atoms with E-state index in [2.05, 4.69) is 9.84 Å². The minimum absolute atomic E-state index is 0.218. The molecule has 3 nitrogen and oxygen atoms in total. The first-order valence-corrected chi connectivity index (χ1v) is 5.69. The van der Waals surface area contributed by atoms with Crippen LogP contribution in [0.2, 0.25) is 0 Å². The summed E-state index contributed by atoms with van der Waals surface area (Å²) in [7, 11) is 0. The minimum Gasteiger partial charge on any atom is -0.406 e. The van der Waals surface area contributed by atoms with Gasteiger partial charge in [0.2, 0.25) is 0 Å². The van der Waals surface area contributed by atoms with Gasteiger partial charge in [0.1, 0.15) is 5.75 Å². The zero-order valence-electron chi connectivity index (χ0n) is 10.5. The number of aryl methyl sites for hydroxylation is 2. The van der Waals surface area contributed by atoms with Crippen molar-refractivity contribution in [1.82, 2.24) is 9.78 Å². The molecule has 0 atom stereocenters. The molecule has 0 spiro atoms. The van der Waals surface area contributed by atoms with Gasteiger partial charge in [0, 0.05) is 5.69 Å². The fraction of sp³-hybridized carbons (Fsp3) is 0.308. The van der Waals surface area contributed by atoms with Crippen LogP contribution in [0.25, 0.3) is 0 Å². The lowest BCUT2D eigenvalue weighted by Crippen LogP contribution is -2.17. The molecule has 102 valence electrons. The fourth-order valence-electron chi connectivity index (χ4n) is 1.80. The number of benzene rings is 1. The van der Waals surface area contributed by atoms with Gasteiger partial charge in [-0.25, -0.2) is 0 Å². The van der Waals surface area contributed by atoms with Crippen LogP contribution >= 0.6 is 0 Å². The molecule has 0 saturated carbocycles. The molecule has 1 aromatic carbocycles. The van der Waals surface area contributed by atoms with E-state index in [-0.39, 0.29) is 5.75 Å². The maximum atomic E-state index is 12.0. The van der Waals surface area contributed by atoms with Gasteiger partial charge in [-0.15, -0.1) is 13.2 Å². The summed E-state index contributed by atoms with van der Waals surface area (Å²) in [6, 6.07) is 7.74. The van der Waals surface area contributed by atoms with Gasteiger partial charge in [0.05, 0.1) is 12.2 Å². The van der Waals surface area contributed by atoms with Gasteiger partial charge in [0.25, 0.3) is 0 Å². The highest BCUT2D eigenvalue weighted by atomic mass is 19.4. The largest absolute Gasteiger partial charge is 0.573 e. The Balaban J connectivity index is 2.09. The van der Waals surface area contributed by atoms with Crippen LogP contribution in [0.5, 0.6) is 5.75 Å². The predicted octanol–water partition coefficient (Wildman–Crippen LogP) is 3.45. The first-order chi connectivity index (χ1) is 8.83. The molecule has 0 radical (unpaired) electrons. The predicted molar refractivity (Wildman–Crippen MR) is 63.9 cm³/mol. The van der Waals surface area contributed by atoms with Crippen molar-refractivity contribution in [2.75, 3.05) is 0 Å². The van der Waals surface area contributed by atoms with E-state index in [1.54, 1.807) is 16.8 Å². The summed E-state index contributed by atoms with van der Waals surface area (Å²) in [4.78, 5) is 0. The maximum Gasteiger partial charge on any atom is 0.573 e. The van der Waals surface area contributed by atoms with Gasteiger partial charge in [-0.1, -0.05) is 12.1 Å². The molecule has 0 N–H and O–H groups in total. The molecule has 0 amide bonds. The Morgan fingerprint density at radius 3 is 2.26 bits per heavy atom. The molecular weight excluding hydrogens is 257 g/mol. The molecule has 2 aromatic rings. The van der Waals surface area contributed by atoms with Gasteiger partial charge < -0.3 is 4.74 Å². The summed E-state index contributed by atoms with van der Waals surface area (Å²) in [5.41, 5.74) is 2.78. The molecule has 0 aliphatic carbocycles. The topological polar surface area (TPSA) is 27.1 Å². The second-order valence-electron chi connectivity index (χ2n) is 4.28. The molecule has 0 aliphatic rings. The summed E-state index contributed by atoms with van der Waals surface area (Å²) >= 11 is 0. The first-order valence-electron chi connectivity index (χ1n) is 5.69. The van der Waals surface area contributed by atoms with Crippen molar-refractivity contribution < 1.29 is 17.9 Å². The van der Waals surface area contributed by atoms with E-state index in [4.69, 9.17) is 0 Å². The monoisotopic (exact) mass is 270 g/mol. The Labute approximate surface area is 108 Å². The van der Waals surface area contributed by atoms with Gasteiger partial charge >= 0.3 is 6.36 Å². The molecule has 0 unspecified atom stereocenters. The van der Waals surface area contributed by atoms with E-state index >= 15 is 0 Å². The Bertz CT molecular complexity index is 558. The number of hydrogen-bond donors (Lipinski definition) is 0. The molecule has 6 heteroatoms. The highest BCUT2D eigenvalue weighted by Crippen LogP contribution is 2.23. The number of halogens is 3. The standard InChI is InChI=1S/C13H13F3N2O/c1-9-7-10(2)18(17-9)8-11-3-5-12(6-4-11)19-13(14,15)16/h3-7H,8H2,1-2H3. The van der Waals surface area contributed by atoms with Crippen LogP contribution in [0.15, 0.2) is 30.3 Å². The second-order valence-corrected chi connectivity index (χ2v) is 4.28. The molecule has 0 aliphatic heterocycles. The maximum absolute atomic E-state index is 12.0. The smallest absolute Gasteiger partial charge is 0.406 e. The lowest BCUT2D eigenvalue weighted by Gasteiger charge is -2.09. The zero-order chi connectivity index (χ0) is 14.0. The zero-order valence-corrected chi connectivity index (χ0v) is 10.5. The highest BCUT2D eigenvalue weighted by molar-refractivity contribution is 5.27. The summed E-state index contributed by atoms with van der Waals surface area (Å²) < 4.78 is 41.6. The average molecular weight is 270 g/mol. The van der Waals surface area contributed by atoms with E-state index < -0.39 is 6.36 Å². The van der Waals surface area contributed by atoms with E-state index in [1.807, 2.05) is 19.9 Å². The average Bonchev–Trinajstić information content (AvgIpc) is 2.58. The van der Waals surface area contributed by atoms with Crippen LogP contribution < -0.4 is 4.74 Å². The van der Waals surface area contributed by atoms with Crippen LogP contribution in [-0.4, -0.2) is 16.1 Å². The van der Waals surface area contributed by atoms with Crippen LogP contribution in [0.3, 0.4) is 0 Å². The third-order valence-electron chi connectivity index (χ3n) is 2.59. The summed E-state index contributed by atoms with van der Waals surface area (Å²) in [6.07, 6.45) is -4.66. The molecule has 19 heavy (non-hydrogen) atoms. The Hall–Kier alpha value is -1.98. The fourth-order valence-corrected chi connectivity index (χ4v) is 1.80. The third-order valence-corrected chi connectivity index (χ3v) is 2.59. The van der Waals surface area contributed by atoms with Crippen molar-refractivity contribution in [2.24, 2.45) is 0 Å². The van der Waals surface area contributed by atoms with Crippen LogP contribution in [-0.2, 0) is 6.54 Å². The number of hydrogen-bond acceptors (Lipinski definition) is 2. The van der Waals surface area contributed by atoms with Gasteiger partial charge in [-0.2, -0.15) is 5.10 Å². The number of rotatable bonds is 3. The third kappa shape index (κ3) is 3.74. The molecule has 1 aromatic heterocycles. The first kappa shape index (κ1) is 13.5. The highest BCUT2D eigenvalue weighted by Gasteiger charge is 2.30. The number of aromatic nitrogens is 2. The van der Waals surface area contributed by atoms with Crippen LogP contribution in [0.1, 0.15) is 17.0 Å². The van der Waals surface area contributed by atoms with Gasteiger partial charge in [0.15, 0.2) is 0 Å². The Morgan fingerprint density at radius 2 is 1.79 bits per heavy atom. The number of nitrogens with zero attached hydrogens (tertiary/aromatic N) is 2. The van der Waals surface area contributed by atoms with E-state index in [9.17, 15) is 13.2 Å². The SMILES string of the molecule is Cc1cc(C)n(Cc2ccc(OC(F)(F)F)cc2)n1. The molecule has 0 saturated heterocycles. The quantitative estimate of drug-likeness (QED) is 0.854. The Kier molecular flexibility index (Phi) is 3.50.